The Morgan fingerprint density at radius 1 is 1.44 bits per heavy atom. The number of hydrogen-bond donors (Lipinski definition) is 2. The Kier molecular flexibility index (Phi) is 2.75. The molecule has 0 aliphatic rings. The smallest absolute Gasteiger partial charge is 0.168 e. The predicted molar refractivity (Wildman–Crippen MR) is 60.9 cm³/mol. The van der Waals surface area contributed by atoms with Crippen LogP contribution in [0.3, 0.4) is 0 Å². The van der Waals surface area contributed by atoms with Gasteiger partial charge in [-0.25, -0.2) is 4.98 Å². The third-order valence-corrected chi connectivity index (χ3v) is 2.60. The molecule has 2 N–H and O–H groups in total. The van der Waals surface area contributed by atoms with Crippen LogP contribution in [-0.2, 0) is 4.79 Å². The fraction of sp³-hybridized carbons (Fsp3) is 0.333. The number of benzene rings is 1. The fourth-order valence-electron chi connectivity index (χ4n) is 1.60. The minimum absolute atomic E-state index is 0.168. The number of aliphatic hydroxyl groups is 1. The number of aromatic amines is 1. The van der Waals surface area contributed by atoms with Gasteiger partial charge in [-0.3, -0.25) is 4.79 Å². The van der Waals surface area contributed by atoms with Crippen LogP contribution >= 0.6 is 0 Å². The van der Waals surface area contributed by atoms with E-state index in [0.29, 0.717) is 5.56 Å². The number of H-pyrrole nitrogens is 1. The van der Waals surface area contributed by atoms with Crippen molar-refractivity contribution in [2.45, 2.75) is 20.0 Å². The van der Waals surface area contributed by atoms with Gasteiger partial charge < -0.3 is 10.1 Å². The van der Waals surface area contributed by atoms with E-state index < -0.39 is 6.10 Å². The Morgan fingerprint density at radius 3 is 2.88 bits per heavy atom. The summed E-state index contributed by atoms with van der Waals surface area (Å²) in [6, 6.07) is 5.28. The van der Waals surface area contributed by atoms with E-state index in [1.807, 2.05) is 0 Å². The quantitative estimate of drug-likeness (QED) is 0.825. The standard InChI is InChI=1S/C12H14N2O2/c1-7(2)11(15)12(16)8-3-4-9-10(5-8)14-6-13-9/h3-7,12,16H,1-2H3,(H,13,14). The summed E-state index contributed by atoms with van der Waals surface area (Å²) in [6.45, 7) is 3.56. The molecule has 0 aliphatic heterocycles. The first-order valence-electron chi connectivity index (χ1n) is 5.24. The molecular formula is C12H14N2O2. The van der Waals surface area contributed by atoms with E-state index in [-0.39, 0.29) is 11.7 Å². The van der Waals surface area contributed by atoms with Gasteiger partial charge in [-0.15, -0.1) is 0 Å². The van der Waals surface area contributed by atoms with E-state index >= 15 is 0 Å². The number of carbonyl (C=O) groups is 1. The second-order valence-corrected chi connectivity index (χ2v) is 4.14. The highest BCUT2D eigenvalue weighted by Crippen LogP contribution is 2.21. The van der Waals surface area contributed by atoms with E-state index in [9.17, 15) is 9.90 Å². The van der Waals surface area contributed by atoms with Gasteiger partial charge in [0, 0.05) is 5.92 Å². The van der Waals surface area contributed by atoms with E-state index in [1.165, 1.54) is 0 Å². The maximum absolute atomic E-state index is 11.6. The number of fused-ring (bicyclic) bond motifs is 1. The largest absolute Gasteiger partial charge is 0.381 e. The van der Waals surface area contributed by atoms with Crippen molar-refractivity contribution in [3.8, 4) is 0 Å². The maximum Gasteiger partial charge on any atom is 0.168 e. The highest BCUT2D eigenvalue weighted by molar-refractivity contribution is 5.87. The summed E-state index contributed by atoms with van der Waals surface area (Å²) in [5.74, 6) is -0.341. The van der Waals surface area contributed by atoms with Crippen LogP contribution in [0.1, 0.15) is 25.5 Å². The number of carbonyl (C=O) groups excluding carboxylic acids is 1. The maximum atomic E-state index is 11.6. The molecule has 0 bridgehead atoms. The van der Waals surface area contributed by atoms with Crippen LogP contribution < -0.4 is 0 Å². The number of imidazole rings is 1. The Bertz CT molecular complexity index is 516. The molecule has 0 fully saturated rings. The summed E-state index contributed by atoms with van der Waals surface area (Å²) >= 11 is 0. The van der Waals surface area contributed by atoms with Crippen molar-refractivity contribution in [1.29, 1.82) is 0 Å². The molecule has 84 valence electrons. The predicted octanol–water partition coefficient (Wildman–Crippen LogP) is 1.82. The number of hydrogen-bond acceptors (Lipinski definition) is 3. The van der Waals surface area contributed by atoms with Gasteiger partial charge in [-0.2, -0.15) is 0 Å². The number of aliphatic hydroxyl groups excluding tert-OH is 1. The zero-order chi connectivity index (χ0) is 11.7. The minimum Gasteiger partial charge on any atom is -0.381 e. The number of nitrogens with one attached hydrogen (secondary N) is 1. The average molecular weight is 218 g/mol. The molecule has 16 heavy (non-hydrogen) atoms. The van der Waals surface area contributed by atoms with Crippen molar-refractivity contribution in [2.24, 2.45) is 5.92 Å². The minimum atomic E-state index is -1.05. The van der Waals surface area contributed by atoms with Crippen molar-refractivity contribution in [3.05, 3.63) is 30.1 Å². The Balaban J connectivity index is 2.35. The number of rotatable bonds is 3. The highest BCUT2D eigenvalue weighted by Gasteiger charge is 2.20. The van der Waals surface area contributed by atoms with E-state index in [4.69, 9.17) is 0 Å². The lowest BCUT2D eigenvalue weighted by atomic mass is 9.98. The molecule has 0 aliphatic carbocycles. The summed E-state index contributed by atoms with van der Waals surface area (Å²) in [5.41, 5.74) is 2.26. The third-order valence-electron chi connectivity index (χ3n) is 2.60. The van der Waals surface area contributed by atoms with Gasteiger partial charge in [0.25, 0.3) is 0 Å². The van der Waals surface area contributed by atoms with Crippen LogP contribution in [0.5, 0.6) is 0 Å². The van der Waals surface area contributed by atoms with Gasteiger partial charge in [0.15, 0.2) is 5.78 Å². The number of ketones is 1. The molecule has 2 rings (SSSR count). The molecular weight excluding hydrogens is 204 g/mol. The molecule has 4 heteroatoms. The molecule has 0 amide bonds. The lowest BCUT2D eigenvalue weighted by Crippen LogP contribution is -2.17. The van der Waals surface area contributed by atoms with E-state index in [2.05, 4.69) is 9.97 Å². The first kappa shape index (κ1) is 10.8. The zero-order valence-corrected chi connectivity index (χ0v) is 9.27. The molecule has 2 aromatic rings. The number of Topliss-reactive ketones (excluding diaryl/α,β-unsaturated/α-hetero) is 1. The molecule has 0 spiro atoms. The van der Waals surface area contributed by atoms with Gasteiger partial charge >= 0.3 is 0 Å². The molecule has 4 nitrogen and oxygen atoms in total. The van der Waals surface area contributed by atoms with Crippen LogP contribution in [0.25, 0.3) is 11.0 Å². The van der Waals surface area contributed by atoms with Gasteiger partial charge in [0.2, 0.25) is 0 Å². The summed E-state index contributed by atoms with van der Waals surface area (Å²) in [6.07, 6.45) is 0.540. The summed E-state index contributed by atoms with van der Waals surface area (Å²) in [7, 11) is 0. The molecule has 0 saturated carbocycles. The van der Waals surface area contributed by atoms with Crippen LogP contribution in [-0.4, -0.2) is 20.9 Å². The highest BCUT2D eigenvalue weighted by atomic mass is 16.3. The van der Waals surface area contributed by atoms with Gasteiger partial charge in [0.1, 0.15) is 6.10 Å². The topological polar surface area (TPSA) is 66.0 Å². The van der Waals surface area contributed by atoms with Crippen LogP contribution in [0.4, 0.5) is 0 Å². The third kappa shape index (κ3) is 1.84. The van der Waals surface area contributed by atoms with Crippen LogP contribution in [0.15, 0.2) is 24.5 Å². The van der Waals surface area contributed by atoms with Crippen molar-refractivity contribution in [1.82, 2.24) is 9.97 Å². The Labute approximate surface area is 93.3 Å². The fourth-order valence-corrected chi connectivity index (χ4v) is 1.60. The number of nitrogens with zero attached hydrogens (tertiary/aromatic N) is 1. The molecule has 1 heterocycles. The van der Waals surface area contributed by atoms with Crippen molar-refractivity contribution in [2.75, 3.05) is 0 Å². The van der Waals surface area contributed by atoms with Crippen molar-refractivity contribution < 1.29 is 9.90 Å². The zero-order valence-electron chi connectivity index (χ0n) is 9.27. The van der Waals surface area contributed by atoms with Gasteiger partial charge in [0.05, 0.1) is 17.4 Å². The van der Waals surface area contributed by atoms with Crippen molar-refractivity contribution in [3.63, 3.8) is 0 Å². The summed E-state index contributed by atoms with van der Waals surface area (Å²) < 4.78 is 0. The second-order valence-electron chi connectivity index (χ2n) is 4.14. The Morgan fingerprint density at radius 2 is 2.19 bits per heavy atom. The lowest BCUT2D eigenvalue weighted by molar-refractivity contribution is -0.130. The molecule has 0 saturated heterocycles. The molecule has 0 radical (unpaired) electrons. The second kappa shape index (κ2) is 4.06. The Hall–Kier alpha value is -1.68. The molecule has 1 aromatic carbocycles. The van der Waals surface area contributed by atoms with Crippen LogP contribution in [0, 0.1) is 5.92 Å². The summed E-state index contributed by atoms with van der Waals surface area (Å²) in [5, 5.41) is 9.87. The first-order chi connectivity index (χ1) is 7.59. The van der Waals surface area contributed by atoms with Crippen molar-refractivity contribution >= 4 is 16.8 Å². The normalized spacial score (nSPS) is 13.2. The average Bonchev–Trinajstić information content (AvgIpc) is 2.73. The SMILES string of the molecule is CC(C)C(=O)C(O)c1ccc2nc[nH]c2c1. The van der Waals surface area contributed by atoms with E-state index in [1.54, 1.807) is 38.4 Å². The lowest BCUT2D eigenvalue weighted by Gasteiger charge is -2.12. The monoisotopic (exact) mass is 218 g/mol. The van der Waals surface area contributed by atoms with Gasteiger partial charge in [-0.1, -0.05) is 19.9 Å². The molecule has 1 unspecified atom stereocenters. The molecule has 1 atom stereocenters. The molecule has 1 aromatic heterocycles. The van der Waals surface area contributed by atoms with Gasteiger partial charge in [-0.05, 0) is 17.7 Å². The van der Waals surface area contributed by atoms with E-state index in [0.717, 1.165) is 11.0 Å². The van der Waals surface area contributed by atoms with Crippen LogP contribution in [0.2, 0.25) is 0 Å². The first-order valence-corrected chi connectivity index (χ1v) is 5.24. The number of aromatic nitrogens is 2. The summed E-state index contributed by atoms with van der Waals surface area (Å²) in [4.78, 5) is 18.7.